The van der Waals surface area contributed by atoms with Gasteiger partial charge in [-0.2, -0.15) is 0 Å². The third kappa shape index (κ3) is 5.58. The summed E-state index contributed by atoms with van der Waals surface area (Å²) in [6.07, 6.45) is 9.00. The van der Waals surface area contributed by atoms with Crippen LogP contribution in [0.1, 0.15) is 58.8 Å². The molecular weight excluding hydrogens is 352 g/mol. The molecule has 1 N–H and O–H groups in total. The van der Waals surface area contributed by atoms with Crippen LogP contribution in [0.25, 0.3) is 0 Å². The Labute approximate surface area is 167 Å². The van der Waals surface area contributed by atoms with E-state index in [4.69, 9.17) is 9.47 Å². The maximum absolute atomic E-state index is 9.61. The molecule has 1 saturated heterocycles. The van der Waals surface area contributed by atoms with Crippen molar-refractivity contribution in [2.24, 2.45) is 5.92 Å². The molecule has 0 spiro atoms. The molecule has 1 aromatic rings. The van der Waals surface area contributed by atoms with Crippen molar-refractivity contribution in [3.63, 3.8) is 0 Å². The molecule has 1 aliphatic heterocycles. The van der Waals surface area contributed by atoms with Crippen LogP contribution >= 0.6 is 0 Å². The molecule has 1 heterocycles. The maximum Gasteiger partial charge on any atom is 0.118 e. The van der Waals surface area contributed by atoms with Crippen molar-refractivity contribution >= 4 is 13.3 Å². The number of ether oxygens (including phenoxy) is 2. The lowest BCUT2D eigenvalue weighted by Crippen LogP contribution is -2.50. The molecule has 0 unspecified atom stereocenters. The van der Waals surface area contributed by atoms with Gasteiger partial charge in [-0.05, 0) is 36.4 Å². The zero-order chi connectivity index (χ0) is 19.9. The fourth-order valence-corrected chi connectivity index (χ4v) is 9.11. The number of methoxy groups -OCH3 is 1. The summed E-state index contributed by atoms with van der Waals surface area (Å²) in [6, 6.07) is 8.64. The van der Waals surface area contributed by atoms with Crippen molar-refractivity contribution < 1.29 is 14.6 Å². The predicted molar refractivity (Wildman–Crippen MR) is 117 cm³/mol. The van der Waals surface area contributed by atoms with Crippen LogP contribution in [0, 0.1) is 5.92 Å². The van der Waals surface area contributed by atoms with Gasteiger partial charge in [0, 0.05) is 6.61 Å². The number of hydrogen-bond acceptors (Lipinski definition) is 3. The van der Waals surface area contributed by atoms with E-state index in [1.165, 1.54) is 37.3 Å². The summed E-state index contributed by atoms with van der Waals surface area (Å²) in [5, 5.41) is 11.1. The fraction of sp³-hybridized carbons (Fsp3) is 0.739. The molecule has 1 aromatic carbocycles. The van der Waals surface area contributed by atoms with Crippen LogP contribution in [-0.4, -0.2) is 39.1 Å². The van der Waals surface area contributed by atoms with Gasteiger partial charge < -0.3 is 14.6 Å². The first-order chi connectivity index (χ1) is 13.0. The second-order valence-electron chi connectivity index (χ2n) is 8.76. The lowest BCUT2D eigenvalue weighted by Gasteiger charge is -2.36. The van der Waals surface area contributed by atoms with E-state index in [-0.39, 0.29) is 12.7 Å². The van der Waals surface area contributed by atoms with Crippen molar-refractivity contribution in [2.45, 2.75) is 89.6 Å². The molecule has 0 amide bonds. The predicted octanol–water partition coefficient (Wildman–Crippen LogP) is 5.13. The van der Waals surface area contributed by atoms with E-state index in [1.807, 2.05) is 0 Å². The quantitative estimate of drug-likeness (QED) is 0.419. The lowest BCUT2D eigenvalue weighted by molar-refractivity contribution is 0.0181. The largest absolute Gasteiger partial charge is 0.497 e. The number of rotatable bonds is 11. The molecule has 1 fully saturated rings. The minimum atomic E-state index is -1.74. The molecule has 0 bridgehead atoms. The van der Waals surface area contributed by atoms with Gasteiger partial charge in [-0.3, -0.25) is 0 Å². The highest BCUT2D eigenvalue weighted by Gasteiger charge is 2.49. The Morgan fingerprint density at radius 3 is 2.26 bits per heavy atom. The van der Waals surface area contributed by atoms with Gasteiger partial charge in [-0.25, -0.2) is 0 Å². The van der Waals surface area contributed by atoms with E-state index in [0.29, 0.717) is 17.6 Å². The summed E-state index contributed by atoms with van der Waals surface area (Å²) in [7, 11) is -0.0240. The topological polar surface area (TPSA) is 38.7 Å². The maximum atomic E-state index is 9.61. The molecule has 0 saturated carbocycles. The molecule has 4 atom stereocenters. The second-order valence-corrected chi connectivity index (χ2v) is 13.5. The minimum Gasteiger partial charge on any atom is -0.497 e. The van der Waals surface area contributed by atoms with Gasteiger partial charge in [0.05, 0.1) is 27.4 Å². The summed E-state index contributed by atoms with van der Waals surface area (Å²) in [5.41, 5.74) is 0.540. The minimum absolute atomic E-state index is 0.189. The Balaban J connectivity index is 2.10. The molecule has 0 aliphatic carbocycles. The van der Waals surface area contributed by atoms with Gasteiger partial charge in [0.1, 0.15) is 5.75 Å². The molecule has 27 heavy (non-hydrogen) atoms. The highest BCUT2D eigenvalue weighted by molar-refractivity contribution is 6.91. The Kier molecular flexibility index (Phi) is 8.84. The van der Waals surface area contributed by atoms with E-state index >= 15 is 0 Å². The van der Waals surface area contributed by atoms with E-state index in [9.17, 15) is 5.11 Å². The van der Waals surface area contributed by atoms with Crippen LogP contribution in [0.3, 0.4) is 0 Å². The van der Waals surface area contributed by atoms with Gasteiger partial charge in [0.25, 0.3) is 0 Å². The third-order valence-electron chi connectivity index (χ3n) is 6.58. The molecular formula is C23H40O3Si. The summed E-state index contributed by atoms with van der Waals surface area (Å²) in [5.74, 6) is 1.47. The molecule has 3 nitrogen and oxygen atoms in total. The van der Waals surface area contributed by atoms with Crippen LogP contribution < -0.4 is 9.92 Å². The smallest absolute Gasteiger partial charge is 0.118 e. The number of aliphatic hydroxyl groups excluding tert-OH is 1. The van der Waals surface area contributed by atoms with Crippen molar-refractivity contribution in [2.75, 3.05) is 13.7 Å². The normalized spacial score (nSPS) is 25.7. The fourth-order valence-electron chi connectivity index (χ4n) is 4.99. The summed E-state index contributed by atoms with van der Waals surface area (Å²) in [6.45, 7) is 9.79. The molecule has 0 radical (unpaired) electrons. The second kappa shape index (κ2) is 10.6. The Morgan fingerprint density at radius 1 is 1.00 bits per heavy atom. The van der Waals surface area contributed by atoms with E-state index < -0.39 is 8.07 Å². The van der Waals surface area contributed by atoms with E-state index in [0.717, 1.165) is 18.6 Å². The SMILES string of the molecule is CCCCCCC[C@H]1O[C@@H](CCO)[C@H]([Si](C)(C)c2ccc(OC)cc2)[C@H]1C. The first kappa shape index (κ1) is 22.4. The van der Waals surface area contributed by atoms with Gasteiger partial charge in [-0.15, -0.1) is 0 Å². The first-order valence-electron chi connectivity index (χ1n) is 10.9. The Hall–Kier alpha value is -0.843. The number of hydrogen-bond donors (Lipinski definition) is 1. The first-order valence-corrected chi connectivity index (χ1v) is 13.9. The number of unbranched alkanes of at least 4 members (excludes halogenated alkanes) is 4. The summed E-state index contributed by atoms with van der Waals surface area (Å²) >= 11 is 0. The van der Waals surface area contributed by atoms with Gasteiger partial charge in [0.2, 0.25) is 0 Å². The van der Waals surface area contributed by atoms with Crippen LogP contribution in [0.5, 0.6) is 5.75 Å². The van der Waals surface area contributed by atoms with Crippen molar-refractivity contribution in [3.05, 3.63) is 24.3 Å². The average Bonchev–Trinajstić information content (AvgIpc) is 2.98. The van der Waals surface area contributed by atoms with Crippen LogP contribution in [-0.2, 0) is 4.74 Å². The standard InChI is InChI=1S/C23H40O3Si/c1-6-7-8-9-10-11-21-18(2)23(22(26-21)16-17-24)27(4,5)20-14-12-19(25-3)13-15-20/h12-15,18,21-24H,6-11,16-17H2,1-5H3/t18-,21+,22-,23+/m0/s1. The van der Waals surface area contributed by atoms with Gasteiger partial charge in [0.15, 0.2) is 0 Å². The van der Waals surface area contributed by atoms with Crippen molar-refractivity contribution in [1.29, 1.82) is 0 Å². The highest BCUT2D eigenvalue weighted by Crippen LogP contribution is 2.46. The van der Waals surface area contributed by atoms with E-state index in [2.05, 4.69) is 51.2 Å². The Bertz CT molecular complexity index is 543. The zero-order valence-corrected chi connectivity index (χ0v) is 19.0. The van der Waals surface area contributed by atoms with Crippen LogP contribution in [0.2, 0.25) is 18.6 Å². The van der Waals surface area contributed by atoms with Crippen molar-refractivity contribution in [1.82, 2.24) is 0 Å². The molecule has 1 aliphatic rings. The summed E-state index contributed by atoms with van der Waals surface area (Å²) in [4.78, 5) is 0. The van der Waals surface area contributed by atoms with Gasteiger partial charge in [-0.1, -0.05) is 76.4 Å². The summed E-state index contributed by atoms with van der Waals surface area (Å²) < 4.78 is 11.9. The molecule has 2 rings (SSSR count). The van der Waals surface area contributed by atoms with E-state index in [1.54, 1.807) is 7.11 Å². The Morgan fingerprint density at radius 2 is 1.67 bits per heavy atom. The number of aliphatic hydroxyl groups is 1. The lowest BCUT2D eigenvalue weighted by atomic mass is 9.95. The average molecular weight is 393 g/mol. The molecule has 4 heteroatoms. The monoisotopic (exact) mass is 392 g/mol. The van der Waals surface area contributed by atoms with Crippen LogP contribution in [0.4, 0.5) is 0 Å². The third-order valence-corrected chi connectivity index (χ3v) is 11.0. The highest BCUT2D eigenvalue weighted by atomic mass is 28.3. The number of benzene rings is 1. The van der Waals surface area contributed by atoms with Crippen molar-refractivity contribution in [3.8, 4) is 5.75 Å². The van der Waals surface area contributed by atoms with Gasteiger partial charge >= 0.3 is 0 Å². The molecule has 0 aromatic heterocycles. The zero-order valence-electron chi connectivity index (χ0n) is 18.0. The van der Waals surface area contributed by atoms with Crippen LogP contribution in [0.15, 0.2) is 24.3 Å². The molecule has 154 valence electrons.